The molecule has 0 saturated carbocycles. The zero-order valence-corrected chi connectivity index (χ0v) is 11.8. The van der Waals surface area contributed by atoms with Gasteiger partial charge in [-0.15, -0.1) is 0 Å². The Morgan fingerprint density at radius 1 is 1.39 bits per heavy atom. The van der Waals surface area contributed by atoms with Crippen molar-refractivity contribution in [3.05, 3.63) is 34.9 Å². The second kappa shape index (κ2) is 6.25. The molecule has 1 heterocycles. The van der Waals surface area contributed by atoms with Crippen LogP contribution in [0.2, 0.25) is 0 Å². The van der Waals surface area contributed by atoms with E-state index in [4.69, 9.17) is 4.74 Å². The molecule has 1 aromatic rings. The largest absolute Gasteiger partial charge is 0.465 e. The monoisotopic (exact) mass is 265 g/mol. The molecule has 0 spiro atoms. The van der Waals surface area contributed by atoms with Gasteiger partial charge < -0.3 is 4.74 Å². The van der Waals surface area contributed by atoms with Crippen molar-refractivity contribution in [1.29, 1.82) is 0 Å². The normalized spacial score (nSPS) is 16.6. The number of esters is 1. The summed E-state index contributed by atoms with van der Waals surface area (Å²) in [7, 11) is 1.43. The van der Waals surface area contributed by atoms with E-state index in [9.17, 15) is 4.79 Å². The van der Waals surface area contributed by atoms with Crippen molar-refractivity contribution < 1.29 is 9.53 Å². The minimum atomic E-state index is -0.247. The van der Waals surface area contributed by atoms with Crippen LogP contribution < -0.4 is 0 Å². The van der Waals surface area contributed by atoms with Gasteiger partial charge in [-0.05, 0) is 24.1 Å². The van der Waals surface area contributed by atoms with Crippen molar-refractivity contribution in [2.45, 2.75) is 13.5 Å². The van der Waals surface area contributed by atoms with Crippen LogP contribution in [0.5, 0.6) is 0 Å². The highest BCUT2D eigenvalue weighted by atomic mass is 32.2. The summed E-state index contributed by atoms with van der Waals surface area (Å²) in [6.07, 6.45) is 0. The minimum Gasteiger partial charge on any atom is -0.465 e. The minimum absolute atomic E-state index is 0.247. The highest BCUT2D eigenvalue weighted by molar-refractivity contribution is 7.99. The van der Waals surface area contributed by atoms with Crippen LogP contribution in [0.1, 0.15) is 21.5 Å². The first-order valence-corrected chi connectivity index (χ1v) is 7.34. The van der Waals surface area contributed by atoms with E-state index in [0.717, 1.165) is 25.2 Å². The zero-order valence-electron chi connectivity index (χ0n) is 10.9. The molecule has 0 aliphatic carbocycles. The molecule has 18 heavy (non-hydrogen) atoms. The fourth-order valence-electron chi connectivity index (χ4n) is 2.11. The highest BCUT2D eigenvalue weighted by Crippen LogP contribution is 2.16. The molecule has 0 amide bonds. The summed E-state index contributed by atoms with van der Waals surface area (Å²) in [6.45, 7) is 5.12. The van der Waals surface area contributed by atoms with Crippen molar-refractivity contribution in [1.82, 2.24) is 4.90 Å². The molecule has 0 N–H and O–H groups in total. The summed E-state index contributed by atoms with van der Waals surface area (Å²) in [4.78, 5) is 14.1. The van der Waals surface area contributed by atoms with Crippen LogP contribution in [-0.2, 0) is 11.3 Å². The van der Waals surface area contributed by atoms with Gasteiger partial charge in [-0.3, -0.25) is 4.90 Å². The summed E-state index contributed by atoms with van der Waals surface area (Å²) >= 11 is 2.01. The molecule has 1 aliphatic heterocycles. The first-order valence-electron chi connectivity index (χ1n) is 6.18. The third-order valence-electron chi connectivity index (χ3n) is 3.22. The Morgan fingerprint density at radius 2 is 2.11 bits per heavy atom. The molecule has 3 nitrogen and oxygen atoms in total. The van der Waals surface area contributed by atoms with Gasteiger partial charge in [-0.1, -0.05) is 12.1 Å². The predicted molar refractivity (Wildman–Crippen MR) is 75.1 cm³/mol. The third-order valence-corrected chi connectivity index (χ3v) is 4.16. The molecule has 4 heteroatoms. The Bertz CT molecular complexity index is 428. The van der Waals surface area contributed by atoms with Gasteiger partial charge in [0.15, 0.2) is 0 Å². The SMILES string of the molecule is COC(=O)c1cc(CN2CCSCC2)ccc1C. The number of carbonyl (C=O) groups excluding carboxylic acids is 1. The first-order chi connectivity index (χ1) is 8.70. The number of benzene rings is 1. The lowest BCUT2D eigenvalue weighted by Gasteiger charge is -2.26. The van der Waals surface area contributed by atoms with Gasteiger partial charge in [0.2, 0.25) is 0 Å². The Labute approximate surface area is 113 Å². The van der Waals surface area contributed by atoms with Crippen LogP contribution in [0.15, 0.2) is 18.2 Å². The molecule has 0 aromatic heterocycles. The van der Waals surface area contributed by atoms with E-state index < -0.39 is 0 Å². The van der Waals surface area contributed by atoms with Gasteiger partial charge in [0.25, 0.3) is 0 Å². The van der Waals surface area contributed by atoms with Crippen LogP contribution in [-0.4, -0.2) is 42.6 Å². The van der Waals surface area contributed by atoms with Gasteiger partial charge in [0, 0.05) is 31.1 Å². The lowest BCUT2D eigenvalue weighted by Crippen LogP contribution is -2.32. The smallest absolute Gasteiger partial charge is 0.338 e. The topological polar surface area (TPSA) is 29.5 Å². The summed E-state index contributed by atoms with van der Waals surface area (Å²) in [5.74, 6) is 2.16. The van der Waals surface area contributed by atoms with Crippen molar-refractivity contribution in [2.75, 3.05) is 31.7 Å². The lowest BCUT2D eigenvalue weighted by molar-refractivity contribution is 0.0599. The Hall–Kier alpha value is -1.00. The maximum Gasteiger partial charge on any atom is 0.338 e. The Kier molecular flexibility index (Phi) is 4.66. The fourth-order valence-corrected chi connectivity index (χ4v) is 3.09. The summed E-state index contributed by atoms with van der Waals surface area (Å²) in [5.41, 5.74) is 2.84. The zero-order chi connectivity index (χ0) is 13.0. The van der Waals surface area contributed by atoms with Crippen molar-refractivity contribution in [2.24, 2.45) is 0 Å². The maximum absolute atomic E-state index is 11.6. The van der Waals surface area contributed by atoms with E-state index in [2.05, 4.69) is 11.0 Å². The summed E-state index contributed by atoms with van der Waals surface area (Å²) in [6, 6.07) is 6.06. The van der Waals surface area contributed by atoms with Crippen molar-refractivity contribution in [3.8, 4) is 0 Å². The van der Waals surface area contributed by atoms with E-state index >= 15 is 0 Å². The Balaban J connectivity index is 2.11. The molecule has 98 valence electrons. The molecule has 0 bridgehead atoms. The van der Waals surface area contributed by atoms with Crippen molar-refractivity contribution >= 4 is 17.7 Å². The average Bonchev–Trinajstić information content (AvgIpc) is 2.41. The molecular formula is C14H19NO2S. The number of hydrogen-bond donors (Lipinski definition) is 0. The van der Waals surface area contributed by atoms with E-state index in [0.29, 0.717) is 5.56 Å². The van der Waals surface area contributed by atoms with E-state index in [1.165, 1.54) is 24.2 Å². The second-order valence-corrected chi connectivity index (χ2v) is 5.75. The number of carbonyl (C=O) groups is 1. The van der Waals surface area contributed by atoms with Gasteiger partial charge in [0.1, 0.15) is 0 Å². The maximum atomic E-state index is 11.6. The number of methoxy groups -OCH3 is 1. The van der Waals surface area contributed by atoms with E-state index in [-0.39, 0.29) is 5.97 Å². The Morgan fingerprint density at radius 3 is 2.78 bits per heavy atom. The van der Waals surface area contributed by atoms with Crippen LogP contribution in [0, 0.1) is 6.92 Å². The van der Waals surface area contributed by atoms with Gasteiger partial charge >= 0.3 is 5.97 Å². The number of ether oxygens (including phenoxy) is 1. The molecule has 0 radical (unpaired) electrons. The van der Waals surface area contributed by atoms with E-state index in [1.807, 2.05) is 30.8 Å². The molecule has 1 fully saturated rings. The highest BCUT2D eigenvalue weighted by Gasteiger charge is 2.13. The molecule has 2 rings (SSSR count). The summed E-state index contributed by atoms with van der Waals surface area (Å²) < 4.78 is 4.81. The third kappa shape index (κ3) is 3.27. The molecule has 0 unspecified atom stereocenters. The number of rotatable bonds is 3. The van der Waals surface area contributed by atoms with Crippen LogP contribution >= 0.6 is 11.8 Å². The van der Waals surface area contributed by atoms with Gasteiger partial charge in [0.05, 0.1) is 12.7 Å². The number of aryl methyl sites for hydroxylation is 1. The van der Waals surface area contributed by atoms with Crippen LogP contribution in [0.25, 0.3) is 0 Å². The van der Waals surface area contributed by atoms with E-state index in [1.54, 1.807) is 0 Å². The fraction of sp³-hybridized carbons (Fsp3) is 0.500. The van der Waals surface area contributed by atoms with Gasteiger partial charge in [-0.25, -0.2) is 4.79 Å². The molecule has 1 aromatic carbocycles. The van der Waals surface area contributed by atoms with Gasteiger partial charge in [-0.2, -0.15) is 11.8 Å². The second-order valence-electron chi connectivity index (χ2n) is 4.53. The number of thioether (sulfide) groups is 1. The molecule has 1 saturated heterocycles. The quantitative estimate of drug-likeness (QED) is 0.785. The molecule has 0 atom stereocenters. The average molecular weight is 265 g/mol. The molecule has 1 aliphatic rings. The van der Waals surface area contributed by atoms with Crippen molar-refractivity contribution in [3.63, 3.8) is 0 Å². The van der Waals surface area contributed by atoms with Crippen LogP contribution in [0.4, 0.5) is 0 Å². The lowest BCUT2D eigenvalue weighted by atomic mass is 10.0. The molecular weight excluding hydrogens is 246 g/mol. The number of nitrogens with zero attached hydrogens (tertiary/aromatic N) is 1. The number of hydrogen-bond acceptors (Lipinski definition) is 4. The first kappa shape index (κ1) is 13.4. The standard InChI is InChI=1S/C14H19NO2S/c1-11-3-4-12(9-13(11)14(16)17-2)10-15-5-7-18-8-6-15/h3-4,9H,5-8,10H2,1-2H3. The predicted octanol–water partition coefficient (Wildman–Crippen LogP) is 2.33. The van der Waals surface area contributed by atoms with Crippen LogP contribution in [0.3, 0.4) is 0 Å². The summed E-state index contributed by atoms with van der Waals surface area (Å²) in [5, 5.41) is 0.